The molecule has 2 nitrogen and oxygen atoms in total. The smallest absolute Gasteiger partial charge is 0.0112 e. The second-order valence-corrected chi connectivity index (χ2v) is 7.65. The maximum atomic E-state index is 3.02. The Bertz CT molecular complexity index is 255. The van der Waals surface area contributed by atoms with E-state index in [4.69, 9.17) is 0 Å². The average Bonchev–Trinajstić information content (AvgIpc) is 3.51. The van der Waals surface area contributed by atoms with Crippen molar-refractivity contribution in [1.82, 2.24) is 10.2 Å². The Balaban J connectivity index is -0.0000000984. The van der Waals surface area contributed by atoms with Crippen molar-refractivity contribution in [3.63, 3.8) is 0 Å². The summed E-state index contributed by atoms with van der Waals surface area (Å²) in [6.07, 6.45) is 14.8. The lowest BCUT2D eigenvalue weighted by molar-refractivity contribution is 0.235. The second-order valence-electron chi connectivity index (χ2n) is 7.65. The first kappa shape index (κ1) is 39.9. The molecule has 0 aromatic carbocycles. The molecular weight excluding hydrogens is 364 g/mol. The van der Waals surface area contributed by atoms with Crippen molar-refractivity contribution in [2.24, 2.45) is 5.41 Å². The van der Waals surface area contributed by atoms with Crippen LogP contribution in [-0.2, 0) is 0 Å². The van der Waals surface area contributed by atoms with Crippen molar-refractivity contribution in [3.8, 4) is 0 Å². The van der Waals surface area contributed by atoms with E-state index in [1.165, 1.54) is 71.0 Å². The third kappa shape index (κ3) is 46.0. The minimum Gasteiger partial charge on any atom is -0.391 e. The molecule has 0 heterocycles. The van der Waals surface area contributed by atoms with Gasteiger partial charge in [-0.25, -0.2) is 0 Å². The van der Waals surface area contributed by atoms with Crippen molar-refractivity contribution in [3.05, 3.63) is 12.3 Å². The van der Waals surface area contributed by atoms with Crippen LogP contribution < -0.4 is 5.32 Å². The summed E-state index contributed by atoms with van der Waals surface area (Å²) in [4.78, 5) is 2.61. The van der Waals surface area contributed by atoms with Gasteiger partial charge in [-0.15, -0.1) is 0 Å². The highest BCUT2D eigenvalue weighted by Gasteiger charge is 2.38. The monoisotopic (exact) mass is 431 g/mol. The van der Waals surface area contributed by atoms with E-state index >= 15 is 0 Å². The highest BCUT2D eigenvalue weighted by Crippen LogP contribution is 2.45. The highest BCUT2D eigenvalue weighted by atomic mass is 15.1. The Hall–Kier alpha value is -0.500. The third-order valence-corrected chi connectivity index (χ3v) is 4.18. The van der Waals surface area contributed by atoms with Crippen molar-refractivity contribution < 1.29 is 0 Å². The standard InChI is InChI=1S/C11H23N.C5H11N.C5H12.C3H8.2C2H6/c1-4-6-9-12(5-2)10-11(3)7-8-11;1-3-5-6-4-2;1-3-5-4-2;1-3-2;2*1-2/h4-10H2,1-3H3;3,5-6H,4H2,1-2H3;3-5H2,1-2H3;3H2,1-2H3;2*1-2H3/b;5-3-;;;;. The van der Waals surface area contributed by atoms with Crippen LogP contribution in [0.2, 0.25) is 0 Å². The summed E-state index contributed by atoms with van der Waals surface area (Å²) in [5, 5.41) is 3.02. The van der Waals surface area contributed by atoms with Gasteiger partial charge in [0.05, 0.1) is 0 Å². The molecule has 0 bridgehead atoms. The number of unbranched alkanes of at least 4 members (excludes halogenated alkanes) is 3. The SMILES string of the molecule is C/C=C\NCC.CC.CC.CCC.CCCCC.CCCCN(CC)CC1(C)CC1. The van der Waals surface area contributed by atoms with E-state index in [2.05, 4.69) is 65.6 Å². The zero-order chi connectivity index (χ0) is 24.7. The van der Waals surface area contributed by atoms with Crippen LogP contribution in [0.1, 0.15) is 141 Å². The fraction of sp³-hybridized carbons (Fsp3) is 0.929. The van der Waals surface area contributed by atoms with Crippen molar-refractivity contribution in [1.29, 1.82) is 0 Å². The van der Waals surface area contributed by atoms with Crippen molar-refractivity contribution in [2.75, 3.05) is 26.2 Å². The summed E-state index contributed by atoms with van der Waals surface area (Å²) in [7, 11) is 0. The van der Waals surface area contributed by atoms with Gasteiger partial charge in [0.25, 0.3) is 0 Å². The largest absolute Gasteiger partial charge is 0.391 e. The van der Waals surface area contributed by atoms with Gasteiger partial charge >= 0.3 is 0 Å². The molecule has 188 valence electrons. The van der Waals surface area contributed by atoms with Gasteiger partial charge in [-0.05, 0) is 57.8 Å². The lowest BCUT2D eigenvalue weighted by Crippen LogP contribution is -2.30. The molecule has 2 heteroatoms. The van der Waals surface area contributed by atoms with E-state index in [0.29, 0.717) is 5.41 Å². The van der Waals surface area contributed by atoms with E-state index in [9.17, 15) is 0 Å². The molecule has 0 radical (unpaired) electrons. The van der Waals surface area contributed by atoms with Gasteiger partial charge in [-0.2, -0.15) is 0 Å². The predicted octanol–water partition coefficient (Wildman–Crippen LogP) is 9.70. The molecule has 1 fully saturated rings. The Morgan fingerprint density at radius 1 is 0.800 bits per heavy atom. The zero-order valence-corrected chi connectivity index (χ0v) is 24.1. The molecule has 0 aliphatic heterocycles. The maximum absolute atomic E-state index is 3.02. The first-order valence-corrected chi connectivity index (χ1v) is 13.5. The lowest BCUT2D eigenvalue weighted by Gasteiger charge is -2.23. The number of rotatable bonds is 10. The minimum atomic E-state index is 0.698. The van der Waals surface area contributed by atoms with Crippen molar-refractivity contribution in [2.45, 2.75) is 141 Å². The molecule has 1 rings (SSSR count). The number of hydrogen-bond acceptors (Lipinski definition) is 2. The van der Waals surface area contributed by atoms with Crippen LogP contribution in [0, 0.1) is 5.41 Å². The van der Waals surface area contributed by atoms with E-state index in [1.807, 2.05) is 46.9 Å². The summed E-state index contributed by atoms with van der Waals surface area (Å²) in [5.74, 6) is 0. The van der Waals surface area contributed by atoms with Crippen LogP contribution in [0.3, 0.4) is 0 Å². The first-order valence-electron chi connectivity index (χ1n) is 13.5. The van der Waals surface area contributed by atoms with Crippen LogP contribution in [0.5, 0.6) is 0 Å². The lowest BCUT2D eigenvalue weighted by atomic mass is 10.1. The Morgan fingerprint density at radius 2 is 1.23 bits per heavy atom. The maximum Gasteiger partial charge on any atom is 0.0112 e. The predicted molar refractivity (Wildman–Crippen MR) is 147 cm³/mol. The number of allylic oxidation sites excluding steroid dienone is 1. The minimum absolute atomic E-state index is 0.698. The topological polar surface area (TPSA) is 15.3 Å². The van der Waals surface area contributed by atoms with Gasteiger partial charge in [-0.1, -0.05) is 114 Å². The fourth-order valence-electron chi connectivity index (χ4n) is 2.23. The Morgan fingerprint density at radius 3 is 1.43 bits per heavy atom. The molecule has 0 aromatic heterocycles. The molecule has 30 heavy (non-hydrogen) atoms. The third-order valence-electron chi connectivity index (χ3n) is 4.18. The first-order chi connectivity index (χ1) is 14.4. The molecule has 1 N–H and O–H groups in total. The van der Waals surface area contributed by atoms with Gasteiger partial charge in [0.1, 0.15) is 0 Å². The van der Waals surface area contributed by atoms with Crippen molar-refractivity contribution >= 4 is 0 Å². The molecular formula is C28H66N2. The zero-order valence-electron chi connectivity index (χ0n) is 24.1. The van der Waals surface area contributed by atoms with Gasteiger partial charge < -0.3 is 10.2 Å². The fourth-order valence-corrected chi connectivity index (χ4v) is 2.23. The van der Waals surface area contributed by atoms with E-state index in [-0.39, 0.29) is 0 Å². The molecule has 1 saturated carbocycles. The average molecular weight is 431 g/mol. The molecule has 1 aliphatic carbocycles. The molecule has 0 amide bonds. The summed E-state index contributed by atoms with van der Waals surface area (Å²) in [5.41, 5.74) is 0.698. The summed E-state index contributed by atoms with van der Waals surface area (Å²) in [6, 6.07) is 0. The van der Waals surface area contributed by atoms with Gasteiger partial charge in [0.15, 0.2) is 0 Å². The molecule has 0 unspecified atom stereocenters. The van der Waals surface area contributed by atoms with E-state index in [0.717, 1.165) is 6.54 Å². The quantitative estimate of drug-likeness (QED) is 0.371. The molecule has 0 atom stereocenters. The number of hydrogen-bond donors (Lipinski definition) is 1. The van der Waals surface area contributed by atoms with Crippen LogP contribution in [0.4, 0.5) is 0 Å². The van der Waals surface area contributed by atoms with Crippen LogP contribution in [0.15, 0.2) is 12.3 Å². The Kier molecular flexibility index (Phi) is 51.9. The molecule has 1 aliphatic rings. The number of nitrogens with one attached hydrogen (secondary N) is 1. The van der Waals surface area contributed by atoms with Gasteiger partial charge in [-0.3, -0.25) is 0 Å². The molecule has 0 saturated heterocycles. The van der Waals surface area contributed by atoms with Gasteiger partial charge in [0, 0.05) is 13.1 Å². The Labute approximate surface area is 195 Å². The number of nitrogens with zero attached hydrogens (tertiary/aromatic N) is 1. The highest BCUT2D eigenvalue weighted by molar-refractivity contribution is 4.91. The van der Waals surface area contributed by atoms with Gasteiger partial charge in [0.2, 0.25) is 0 Å². The summed E-state index contributed by atoms with van der Waals surface area (Å²) < 4.78 is 0. The van der Waals surface area contributed by atoms with E-state index in [1.54, 1.807) is 0 Å². The van der Waals surface area contributed by atoms with Crippen LogP contribution >= 0.6 is 0 Å². The second kappa shape index (κ2) is 39.0. The normalized spacial score (nSPS) is 12.3. The van der Waals surface area contributed by atoms with Crippen LogP contribution in [-0.4, -0.2) is 31.1 Å². The van der Waals surface area contributed by atoms with Crippen LogP contribution in [0.25, 0.3) is 0 Å². The molecule has 0 spiro atoms. The summed E-state index contributed by atoms with van der Waals surface area (Å²) >= 11 is 0. The van der Waals surface area contributed by atoms with E-state index < -0.39 is 0 Å². The summed E-state index contributed by atoms with van der Waals surface area (Å²) in [6.45, 7) is 32.6. The molecule has 0 aromatic rings.